The summed E-state index contributed by atoms with van der Waals surface area (Å²) in [7, 11) is 0. The highest BCUT2D eigenvalue weighted by Crippen LogP contribution is 2.27. The second-order valence-electron chi connectivity index (χ2n) is 3.75. The Morgan fingerprint density at radius 1 is 1.08 bits per heavy atom. The molecule has 0 spiro atoms. The smallest absolute Gasteiger partial charge is 0.0991 e. The predicted molar refractivity (Wildman–Crippen MR) is 42.6 cm³/mol. The van der Waals surface area contributed by atoms with Crippen molar-refractivity contribution < 1.29 is 15.3 Å². The van der Waals surface area contributed by atoms with E-state index in [4.69, 9.17) is 0 Å². The molecule has 0 aliphatic carbocycles. The summed E-state index contributed by atoms with van der Waals surface area (Å²) in [6, 6.07) is -0.228. The molecule has 2 rings (SSSR count). The van der Waals surface area contributed by atoms with Gasteiger partial charge in [0.1, 0.15) is 0 Å². The van der Waals surface area contributed by atoms with Gasteiger partial charge in [-0.2, -0.15) is 0 Å². The molecule has 2 heterocycles. The van der Waals surface area contributed by atoms with Gasteiger partial charge in [0.15, 0.2) is 0 Å². The average Bonchev–Trinajstić information content (AvgIpc) is 2.29. The van der Waals surface area contributed by atoms with E-state index in [1.54, 1.807) is 0 Å². The number of hydrogen-bond donors (Lipinski definition) is 3. The van der Waals surface area contributed by atoms with Gasteiger partial charge < -0.3 is 15.3 Å². The minimum Gasteiger partial charge on any atom is -0.391 e. The molecule has 4 atom stereocenters. The van der Waals surface area contributed by atoms with Crippen LogP contribution in [0.3, 0.4) is 0 Å². The van der Waals surface area contributed by atoms with Crippen LogP contribution in [0, 0.1) is 0 Å². The van der Waals surface area contributed by atoms with E-state index in [0.29, 0.717) is 6.54 Å². The minimum absolute atomic E-state index is 0.228. The van der Waals surface area contributed by atoms with E-state index in [9.17, 15) is 15.3 Å². The zero-order valence-corrected chi connectivity index (χ0v) is 6.93. The van der Waals surface area contributed by atoms with E-state index in [0.717, 1.165) is 19.4 Å². The zero-order valence-electron chi connectivity index (χ0n) is 6.93. The molecule has 0 aromatic rings. The van der Waals surface area contributed by atoms with Crippen molar-refractivity contribution in [3.63, 3.8) is 0 Å². The molecular weight excluding hydrogens is 158 g/mol. The molecule has 12 heavy (non-hydrogen) atoms. The Hall–Kier alpha value is -0.160. The molecule has 0 bridgehead atoms. The van der Waals surface area contributed by atoms with Crippen molar-refractivity contribution in [1.29, 1.82) is 0 Å². The SMILES string of the molecule is O[C@@H]1[C@H]2[C@H](O)CCCN2C[C@@H]1O. The van der Waals surface area contributed by atoms with Crippen molar-refractivity contribution in [3.05, 3.63) is 0 Å². The highest BCUT2D eigenvalue weighted by molar-refractivity contribution is 4.99. The van der Waals surface area contributed by atoms with Crippen molar-refractivity contribution in [1.82, 2.24) is 4.90 Å². The Morgan fingerprint density at radius 2 is 1.83 bits per heavy atom. The molecule has 0 amide bonds. The van der Waals surface area contributed by atoms with Crippen LogP contribution >= 0.6 is 0 Å². The monoisotopic (exact) mass is 173 g/mol. The van der Waals surface area contributed by atoms with E-state index in [2.05, 4.69) is 0 Å². The van der Waals surface area contributed by atoms with Crippen LogP contribution in [0.15, 0.2) is 0 Å². The lowest BCUT2D eigenvalue weighted by molar-refractivity contribution is -0.0282. The van der Waals surface area contributed by atoms with Crippen LogP contribution in [0.25, 0.3) is 0 Å². The number of aliphatic hydroxyl groups is 3. The highest BCUT2D eigenvalue weighted by Gasteiger charge is 2.45. The molecule has 0 aromatic heterocycles. The maximum Gasteiger partial charge on any atom is 0.0991 e. The normalized spacial score (nSPS) is 49.2. The third-order valence-corrected chi connectivity index (χ3v) is 2.93. The summed E-state index contributed by atoms with van der Waals surface area (Å²) >= 11 is 0. The maximum atomic E-state index is 9.55. The van der Waals surface area contributed by atoms with E-state index in [1.807, 2.05) is 4.90 Å². The van der Waals surface area contributed by atoms with E-state index >= 15 is 0 Å². The molecule has 2 aliphatic heterocycles. The second kappa shape index (κ2) is 2.96. The van der Waals surface area contributed by atoms with Crippen LogP contribution < -0.4 is 0 Å². The fourth-order valence-electron chi connectivity index (χ4n) is 2.30. The van der Waals surface area contributed by atoms with Crippen LogP contribution in [-0.2, 0) is 0 Å². The summed E-state index contributed by atoms with van der Waals surface area (Å²) in [6.07, 6.45) is -0.212. The molecule has 2 saturated heterocycles. The van der Waals surface area contributed by atoms with Gasteiger partial charge in [-0.1, -0.05) is 0 Å². The molecule has 0 radical (unpaired) electrons. The molecule has 0 aromatic carbocycles. The standard InChI is InChI=1S/C8H15NO3/c10-5-2-1-3-9-4-6(11)8(12)7(5)9/h5-8,10-12H,1-4H2/t5-,6+,7-,8+/m1/s1. The van der Waals surface area contributed by atoms with E-state index in [-0.39, 0.29) is 6.04 Å². The fraction of sp³-hybridized carbons (Fsp3) is 1.00. The lowest BCUT2D eigenvalue weighted by Crippen LogP contribution is -2.48. The van der Waals surface area contributed by atoms with Gasteiger partial charge in [0.05, 0.1) is 24.4 Å². The van der Waals surface area contributed by atoms with Crippen LogP contribution in [0.5, 0.6) is 0 Å². The van der Waals surface area contributed by atoms with Crippen molar-refractivity contribution in [2.45, 2.75) is 37.2 Å². The van der Waals surface area contributed by atoms with Gasteiger partial charge in [-0.15, -0.1) is 0 Å². The topological polar surface area (TPSA) is 63.9 Å². The van der Waals surface area contributed by atoms with Crippen LogP contribution in [-0.4, -0.2) is 57.7 Å². The van der Waals surface area contributed by atoms with Gasteiger partial charge >= 0.3 is 0 Å². The number of rotatable bonds is 0. The molecule has 2 fully saturated rings. The molecule has 0 unspecified atom stereocenters. The summed E-state index contributed by atoms with van der Waals surface area (Å²) < 4.78 is 0. The lowest BCUT2D eigenvalue weighted by atomic mass is 9.97. The second-order valence-corrected chi connectivity index (χ2v) is 3.75. The maximum absolute atomic E-state index is 9.55. The summed E-state index contributed by atoms with van der Waals surface area (Å²) in [5.41, 5.74) is 0. The van der Waals surface area contributed by atoms with Crippen molar-refractivity contribution >= 4 is 0 Å². The number of hydrogen-bond acceptors (Lipinski definition) is 4. The zero-order chi connectivity index (χ0) is 8.72. The number of piperidine rings is 1. The fourth-order valence-corrected chi connectivity index (χ4v) is 2.30. The summed E-state index contributed by atoms with van der Waals surface area (Å²) in [6.45, 7) is 1.39. The van der Waals surface area contributed by atoms with Crippen LogP contribution in [0.1, 0.15) is 12.8 Å². The van der Waals surface area contributed by atoms with Crippen molar-refractivity contribution in [2.75, 3.05) is 13.1 Å². The summed E-state index contributed by atoms with van der Waals surface area (Å²) in [5.74, 6) is 0. The van der Waals surface area contributed by atoms with Gasteiger partial charge in [0.2, 0.25) is 0 Å². The van der Waals surface area contributed by atoms with Gasteiger partial charge in [0, 0.05) is 6.54 Å². The first-order valence-corrected chi connectivity index (χ1v) is 4.48. The van der Waals surface area contributed by atoms with E-state index in [1.165, 1.54) is 0 Å². The van der Waals surface area contributed by atoms with Crippen molar-refractivity contribution in [2.24, 2.45) is 0 Å². The van der Waals surface area contributed by atoms with E-state index < -0.39 is 18.3 Å². The van der Waals surface area contributed by atoms with Gasteiger partial charge in [0.25, 0.3) is 0 Å². The lowest BCUT2D eigenvalue weighted by Gasteiger charge is -2.34. The summed E-state index contributed by atoms with van der Waals surface area (Å²) in [4.78, 5) is 1.98. The number of nitrogens with zero attached hydrogens (tertiary/aromatic N) is 1. The van der Waals surface area contributed by atoms with Crippen molar-refractivity contribution in [3.8, 4) is 0 Å². The molecule has 4 nitrogen and oxygen atoms in total. The third-order valence-electron chi connectivity index (χ3n) is 2.93. The van der Waals surface area contributed by atoms with Gasteiger partial charge in [-0.25, -0.2) is 0 Å². The summed E-state index contributed by atoms with van der Waals surface area (Å²) in [5, 5.41) is 28.4. The first-order valence-electron chi connectivity index (χ1n) is 4.48. The highest BCUT2D eigenvalue weighted by atomic mass is 16.3. The predicted octanol–water partition coefficient (Wildman–Crippen LogP) is -1.45. The molecular formula is C8H15NO3. The Morgan fingerprint density at radius 3 is 2.50 bits per heavy atom. The molecule has 2 aliphatic rings. The Bertz CT molecular complexity index is 176. The van der Waals surface area contributed by atoms with Gasteiger partial charge in [-0.3, -0.25) is 4.90 Å². The minimum atomic E-state index is -0.764. The molecule has 3 N–H and O–H groups in total. The molecule has 4 heteroatoms. The molecule has 70 valence electrons. The number of aliphatic hydroxyl groups excluding tert-OH is 3. The Balaban J connectivity index is 2.12. The largest absolute Gasteiger partial charge is 0.391 e. The average molecular weight is 173 g/mol. The van der Waals surface area contributed by atoms with Crippen LogP contribution in [0.2, 0.25) is 0 Å². The van der Waals surface area contributed by atoms with Gasteiger partial charge in [-0.05, 0) is 19.4 Å². The first kappa shape index (κ1) is 8.44. The quantitative estimate of drug-likeness (QED) is 0.419. The Labute approximate surface area is 71.4 Å². The van der Waals surface area contributed by atoms with Crippen LogP contribution in [0.4, 0.5) is 0 Å². The first-order chi connectivity index (χ1) is 5.70. The molecule has 0 saturated carbocycles. The third kappa shape index (κ3) is 1.15. The Kier molecular flexibility index (Phi) is 2.08. The number of fused-ring (bicyclic) bond motifs is 1.